The summed E-state index contributed by atoms with van der Waals surface area (Å²) in [5.74, 6) is -0.382. The lowest BCUT2D eigenvalue weighted by atomic mass is 10.1. The smallest absolute Gasteiger partial charge is 0.321 e. The number of nitrogens with one attached hydrogen (secondary N) is 2. The van der Waals surface area contributed by atoms with Gasteiger partial charge in [-0.15, -0.1) is 11.8 Å². The fourth-order valence-corrected chi connectivity index (χ4v) is 3.27. The lowest BCUT2D eigenvalue weighted by molar-refractivity contribution is -0.119. The average molecular weight is 349 g/mol. The van der Waals surface area contributed by atoms with Gasteiger partial charge in [0.15, 0.2) is 0 Å². The Labute approximate surface area is 144 Å². The Hall–Kier alpha value is -1.98. The fourth-order valence-electron chi connectivity index (χ4n) is 1.95. The summed E-state index contributed by atoms with van der Waals surface area (Å²) < 4.78 is 0. The summed E-state index contributed by atoms with van der Waals surface area (Å²) in [6.07, 6.45) is 0. The van der Waals surface area contributed by atoms with Gasteiger partial charge in [0, 0.05) is 11.4 Å². The van der Waals surface area contributed by atoms with Crippen LogP contribution in [0.4, 0.5) is 4.79 Å². The number of imide groups is 1. The molecule has 0 radical (unpaired) electrons. The lowest BCUT2D eigenvalue weighted by Gasteiger charge is -2.17. The molecule has 6 heteroatoms. The second-order valence-corrected chi connectivity index (χ2v) is 6.24. The normalized spacial score (nSPS) is 11.6. The molecule has 2 rings (SSSR count). The van der Waals surface area contributed by atoms with E-state index in [9.17, 15) is 9.59 Å². The molecular formula is C17H17ClN2O2S. The number of halogens is 1. The number of carbonyl (C=O) groups is 2. The molecule has 4 nitrogen and oxygen atoms in total. The SMILES string of the molecule is CCNC(=O)NC(=O)[C@H](Sc1ccccc1Cl)c1ccccc1. The molecule has 0 unspecified atom stereocenters. The molecule has 0 aliphatic heterocycles. The Kier molecular flexibility index (Phi) is 6.50. The molecule has 2 aromatic rings. The predicted octanol–water partition coefficient (Wildman–Crippen LogP) is 4.02. The molecule has 120 valence electrons. The number of rotatable bonds is 5. The van der Waals surface area contributed by atoms with E-state index in [4.69, 9.17) is 11.6 Å². The maximum atomic E-state index is 12.5. The van der Waals surface area contributed by atoms with Crippen LogP contribution in [0.3, 0.4) is 0 Å². The number of carbonyl (C=O) groups excluding carboxylic acids is 2. The van der Waals surface area contributed by atoms with Crippen molar-refractivity contribution >= 4 is 35.3 Å². The average Bonchev–Trinajstić information content (AvgIpc) is 2.55. The molecular weight excluding hydrogens is 332 g/mol. The highest BCUT2D eigenvalue weighted by atomic mass is 35.5. The van der Waals surface area contributed by atoms with Crippen molar-refractivity contribution in [3.63, 3.8) is 0 Å². The second-order valence-electron chi connectivity index (χ2n) is 4.69. The molecule has 0 saturated heterocycles. The predicted molar refractivity (Wildman–Crippen MR) is 93.7 cm³/mol. The molecule has 0 heterocycles. The summed E-state index contributed by atoms with van der Waals surface area (Å²) in [6.45, 7) is 2.24. The molecule has 3 amide bonds. The van der Waals surface area contributed by atoms with E-state index < -0.39 is 11.3 Å². The summed E-state index contributed by atoms with van der Waals surface area (Å²) in [5.41, 5.74) is 0.805. The minimum absolute atomic E-state index is 0.382. The summed E-state index contributed by atoms with van der Waals surface area (Å²) in [7, 11) is 0. The molecule has 0 aliphatic carbocycles. The Morgan fingerprint density at radius 1 is 1.09 bits per heavy atom. The van der Waals surface area contributed by atoms with Gasteiger partial charge in [0.25, 0.3) is 0 Å². The van der Waals surface area contributed by atoms with E-state index in [2.05, 4.69) is 10.6 Å². The molecule has 0 aromatic heterocycles. The molecule has 23 heavy (non-hydrogen) atoms. The van der Waals surface area contributed by atoms with Crippen molar-refractivity contribution in [1.29, 1.82) is 0 Å². The van der Waals surface area contributed by atoms with Crippen LogP contribution in [0, 0.1) is 0 Å². The van der Waals surface area contributed by atoms with E-state index in [0.29, 0.717) is 11.6 Å². The number of thioether (sulfide) groups is 1. The maximum Gasteiger partial charge on any atom is 0.321 e. The first-order valence-electron chi connectivity index (χ1n) is 7.16. The zero-order valence-electron chi connectivity index (χ0n) is 12.6. The van der Waals surface area contributed by atoms with Crippen molar-refractivity contribution in [2.75, 3.05) is 6.54 Å². The van der Waals surface area contributed by atoms with Gasteiger partial charge in [0.1, 0.15) is 5.25 Å². The van der Waals surface area contributed by atoms with Crippen molar-refractivity contribution in [3.8, 4) is 0 Å². The molecule has 0 bridgehead atoms. The van der Waals surface area contributed by atoms with Crippen LogP contribution in [0.25, 0.3) is 0 Å². The number of benzene rings is 2. The van der Waals surface area contributed by atoms with Gasteiger partial charge in [-0.2, -0.15) is 0 Å². The number of amides is 3. The summed E-state index contributed by atoms with van der Waals surface area (Å²) >= 11 is 7.50. The van der Waals surface area contributed by atoms with Gasteiger partial charge in [-0.3, -0.25) is 10.1 Å². The van der Waals surface area contributed by atoms with E-state index in [1.165, 1.54) is 11.8 Å². The van der Waals surface area contributed by atoms with E-state index in [-0.39, 0.29) is 5.91 Å². The zero-order chi connectivity index (χ0) is 16.7. The molecule has 2 aromatic carbocycles. The first kappa shape index (κ1) is 17.4. The highest BCUT2D eigenvalue weighted by Gasteiger charge is 2.24. The van der Waals surface area contributed by atoms with Gasteiger partial charge in [0.05, 0.1) is 5.02 Å². The third-order valence-corrected chi connectivity index (χ3v) is 4.77. The van der Waals surface area contributed by atoms with Crippen LogP contribution in [0.5, 0.6) is 0 Å². The first-order chi connectivity index (χ1) is 11.1. The van der Waals surface area contributed by atoms with Crippen molar-refractivity contribution in [3.05, 3.63) is 65.2 Å². The quantitative estimate of drug-likeness (QED) is 0.802. The third kappa shape index (κ3) is 5.01. The van der Waals surface area contributed by atoms with Crippen LogP contribution in [-0.4, -0.2) is 18.5 Å². The zero-order valence-corrected chi connectivity index (χ0v) is 14.2. The molecule has 0 fully saturated rings. The lowest BCUT2D eigenvalue weighted by Crippen LogP contribution is -2.41. The van der Waals surface area contributed by atoms with Crippen LogP contribution in [0.1, 0.15) is 17.7 Å². The van der Waals surface area contributed by atoms with E-state index in [1.54, 1.807) is 13.0 Å². The Morgan fingerprint density at radius 2 is 1.74 bits per heavy atom. The molecule has 0 saturated carbocycles. The number of hydrogen-bond donors (Lipinski definition) is 2. The molecule has 2 N–H and O–H groups in total. The van der Waals surface area contributed by atoms with Gasteiger partial charge >= 0.3 is 6.03 Å². The minimum Gasteiger partial charge on any atom is -0.338 e. The Morgan fingerprint density at radius 3 is 2.39 bits per heavy atom. The van der Waals surface area contributed by atoms with Gasteiger partial charge in [0.2, 0.25) is 5.91 Å². The largest absolute Gasteiger partial charge is 0.338 e. The van der Waals surface area contributed by atoms with Crippen molar-refractivity contribution in [2.24, 2.45) is 0 Å². The molecule has 1 atom stereocenters. The van der Waals surface area contributed by atoms with Crippen molar-refractivity contribution in [2.45, 2.75) is 17.1 Å². The van der Waals surface area contributed by atoms with Crippen molar-refractivity contribution in [1.82, 2.24) is 10.6 Å². The van der Waals surface area contributed by atoms with Gasteiger partial charge in [-0.1, -0.05) is 54.1 Å². The van der Waals surface area contributed by atoms with Gasteiger partial charge < -0.3 is 5.32 Å². The monoisotopic (exact) mass is 348 g/mol. The summed E-state index contributed by atoms with van der Waals surface area (Å²) in [4.78, 5) is 24.9. The summed E-state index contributed by atoms with van der Waals surface area (Å²) in [6, 6.07) is 16.1. The third-order valence-electron chi connectivity index (χ3n) is 3.00. The maximum absolute atomic E-state index is 12.5. The molecule has 0 spiro atoms. The summed E-state index contributed by atoms with van der Waals surface area (Å²) in [5, 5.41) is 4.92. The van der Waals surface area contributed by atoms with E-state index in [1.807, 2.05) is 48.5 Å². The topological polar surface area (TPSA) is 58.2 Å². The van der Waals surface area contributed by atoms with Gasteiger partial charge in [-0.25, -0.2) is 4.79 Å². The van der Waals surface area contributed by atoms with Crippen LogP contribution < -0.4 is 10.6 Å². The van der Waals surface area contributed by atoms with Crippen LogP contribution in [-0.2, 0) is 4.79 Å². The van der Waals surface area contributed by atoms with Crippen LogP contribution >= 0.6 is 23.4 Å². The standard InChI is InChI=1S/C17H17ClN2O2S/c1-2-19-17(22)20-16(21)15(12-8-4-3-5-9-12)23-14-11-7-6-10-13(14)18/h3-11,15H,2H2,1H3,(H2,19,20,21,22)/t15-/m1/s1. The molecule has 0 aliphatic rings. The Bertz CT molecular complexity index is 679. The highest BCUT2D eigenvalue weighted by Crippen LogP contribution is 2.38. The number of urea groups is 1. The van der Waals surface area contributed by atoms with E-state index in [0.717, 1.165) is 10.5 Å². The van der Waals surface area contributed by atoms with E-state index >= 15 is 0 Å². The highest BCUT2D eigenvalue weighted by molar-refractivity contribution is 8.00. The van der Waals surface area contributed by atoms with Crippen LogP contribution in [0.15, 0.2) is 59.5 Å². The van der Waals surface area contributed by atoms with Crippen LogP contribution in [0.2, 0.25) is 5.02 Å². The first-order valence-corrected chi connectivity index (χ1v) is 8.42. The number of hydrogen-bond acceptors (Lipinski definition) is 3. The Balaban J connectivity index is 2.24. The van der Waals surface area contributed by atoms with Gasteiger partial charge in [-0.05, 0) is 24.6 Å². The minimum atomic E-state index is -0.571. The second kappa shape index (κ2) is 8.60. The van der Waals surface area contributed by atoms with Crippen molar-refractivity contribution < 1.29 is 9.59 Å². The fraction of sp³-hybridized carbons (Fsp3) is 0.176.